The molecule has 0 saturated heterocycles. The quantitative estimate of drug-likeness (QED) is 0.857. The zero-order chi connectivity index (χ0) is 16.9. The maximum absolute atomic E-state index is 12.2. The fourth-order valence-electron chi connectivity index (χ4n) is 1.84. The third kappa shape index (κ3) is 4.51. The van der Waals surface area contributed by atoms with Gasteiger partial charge in [-0.25, -0.2) is 9.71 Å². The lowest BCUT2D eigenvalue weighted by Crippen LogP contribution is -2.41. The summed E-state index contributed by atoms with van der Waals surface area (Å²) in [7, 11) is -1.14. The molecule has 0 spiro atoms. The van der Waals surface area contributed by atoms with Crippen LogP contribution < -0.4 is 9.46 Å². The summed E-state index contributed by atoms with van der Waals surface area (Å²) >= 11 is 0. The molecule has 0 aliphatic heterocycles. The van der Waals surface area contributed by atoms with Gasteiger partial charge in [-0.2, -0.15) is 12.7 Å². The molecule has 0 aliphatic rings. The standard InChI is InChI=1S/C15H17N3O4S/c1-18(11-12-6-4-3-5-7-12)23(20,21)17-15(19)13-8-9-16-14(10-13)22-2/h3-10H,11H2,1-2H3,(H,17,19). The number of methoxy groups -OCH3 is 1. The molecule has 0 saturated carbocycles. The van der Waals surface area contributed by atoms with E-state index in [2.05, 4.69) is 4.98 Å². The van der Waals surface area contributed by atoms with Gasteiger partial charge in [0.15, 0.2) is 0 Å². The monoisotopic (exact) mass is 335 g/mol. The Balaban J connectivity index is 2.09. The van der Waals surface area contributed by atoms with Gasteiger partial charge >= 0.3 is 10.2 Å². The molecule has 1 N–H and O–H groups in total. The van der Waals surface area contributed by atoms with Crippen molar-refractivity contribution in [2.45, 2.75) is 6.54 Å². The number of hydrogen-bond donors (Lipinski definition) is 1. The number of amides is 1. The van der Waals surface area contributed by atoms with Gasteiger partial charge < -0.3 is 4.74 Å². The molecule has 0 fully saturated rings. The summed E-state index contributed by atoms with van der Waals surface area (Å²) in [5.74, 6) is -0.515. The highest BCUT2D eigenvalue weighted by molar-refractivity contribution is 7.87. The van der Waals surface area contributed by atoms with E-state index in [1.165, 1.54) is 32.5 Å². The van der Waals surface area contributed by atoms with E-state index < -0.39 is 16.1 Å². The summed E-state index contributed by atoms with van der Waals surface area (Å²) < 4.78 is 32.4. The Hall–Kier alpha value is -2.45. The van der Waals surface area contributed by atoms with E-state index in [9.17, 15) is 13.2 Å². The second kappa shape index (κ2) is 7.21. The Kier molecular flexibility index (Phi) is 5.30. The first-order valence-electron chi connectivity index (χ1n) is 6.75. The second-order valence-electron chi connectivity index (χ2n) is 4.76. The highest BCUT2D eigenvalue weighted by Crippen LogP contribution is 2.10. The third-order valence-corrected chi connectivity index (χ3v) is 4.48. The predicted molar refractivity (Wildman–Crippen MR) is 85.1 cm³/mol. The number of pyridine rings is 1. The molecular formula is C15H17N3O4S. The molecule has 7 nitrogen and oxygen atoms in total. The Bertz CT molecular complexity index is 778. The summed E-state index contributed by atoms with van der Waals surface area (Å²) in [6, 6.07) is 11.9. The van der Waals surface area contributed by atoms with Crippen LogP contribution in [0.4, 0.5) is 0 Å². The van der Waals surface area contributed by atoms with Gasteiger partial charge in [-0.3, -0.25) is 4.79 Å². The van der Waals surface area contributed by atoms with E-state index in [0.29, 0.717) is 0 Å². The van der Waals surface area contributed by atoms with Crippen LogP contribution >= 0.6 is 0 Å². The lowest BCUT2D eigenvalue weighted by Gasteiger charge is -2.17. The molecule has 122 valence electrons. The van der Waals surface area contributed by atoms with E-state index in [-0.39, 0.29) is 18.0 Å². The summed E-state index contributed by atoms with van der Waals surface area (Å²) in [4.78, 5) is 16.0. The van der Waals surface area contributed by atoms with Gasteiger partial charge in [0.1, 0.15) is 0 Å². The van der Waals surface area contributed by atoms with Gasteiger partial charge in [-0.05, 0) is 11.6 Å². The van der Waals surface area contributed by atoms with Crippen LogP contribution in [0.25, 0.3) is 0 Å². The molecule has 0 bridgehead atoms. The number of benzene rings is 1. The van der Waals surface area contributed by atoms with E-state index in [1.54, 1.807) is 0 Å². The molecule has 1 aromatic carbocycles. The molecule has 23 heavy (non-hydrogen) atoms. The Morgan fingerprint density at radius 3 is 2.61 bits per heavy atom. The van der Waals surface area contributed by atoms with Crippen molar-refractivity contribution in [1.82, 2.24) is 14.0 Å². The zero-order valence-corrected chi connectivity index (χ0v) is 13.6. The fourth-order valence-corrected chi connectivity index (χ4v) is 2.67. The first kappa shape index (κ1) is 16.9. The van der Waals surface area contributed by atoms with Crippen molar-refractivity contribution in [2.24, 2.45) is 0 Å². The average molecular weight is 335 g/mol. The lowest BCUT2D eigenvalue weighted by molar-refractivity contribution is 0.0978. The molecule has 2 rings (SSSR count). The summed E-state index contributed by atoms with van der Waals surface area (Å²) in [6.07, 6.45) is 1.37. The summed E-state index contributed by atoms with van der Waals surface area (Å²) in [5.41, 5.74) is 0.965. The van der Waals surface area contributed by atoms with Crippen LogP contribution in [0.5, 0.6) is 5.88 Å². The van der Waals surface area contributed by atoms with E-state index in [1.807, 2.05) is 35.1 Å². The minimum absolute atomic E-state index is 0.147. The Morgan fingerprint density at radius 1 is 1.26 bits per heavy atom. The third-order valence-electron chi connectivity index (χ3n) is 3.09. The van der Waals surface area contributed by atoms with Crippen molar-refractivity contribution in [1.29, 1.82) is 0 Å². The minimum Gasteiger partial charge on any atom is -0.481 e. The van der Waals surface area contributed by atoms with Crippen molar-refractivity contribution in [3.63, 3.8) is 0 Å². The predicted octanol–water partition coefficient (Wildman–Crippen LogP) is 1.20. The van der Waals surface area contributed by atoms with Crippen LogP contribution in [0.1, 0.15) is 15.9 Å². The first-order chi connectivity index (χ1) is 10.9. The van der Waals surface area contributed by atoms with Gasteiger partial charge in [0.25, 0.3) is 5.91 Å². The summed E-state index contributed by atoms with van der Waals surface area (Å²) in [6.45, 7) is 0.156. The summed E-state index contributed by atoms with van der Waals surface area (Å²) in [5, 5.41) is 0. The van der Waals surface area contributed by atoms with E-state index in [0.717, 1.165) is 9.87 Å². The first-order valence-corrected chi connectivity index (χ1v) is 8.19. The maximum atomic E-state index is 12.2. The number of carbonyl (C=O) groups excluding carboxylic acids is 1. The molecule has 1 heterocycles. The number of carbonyl (C=O) groups is 1. The number of aromatic nitrogens is 1. The highest BCUT2D eigenvalue weighted by Gasteiger charge is 2.21. The van der Waals surface area contributed by atoms with Gasteiger partial charge in [0.2, 0.25) is 5.88 Å². The van der Waals surface area contributed by atoms with Gasteiger partial charge in [0, 0.05) is 31.4 Å². The topological polar surface area (TPSA) is 88.6 Å². The van der Waals surface area contributed by atoms with Crippen molar-refractivity contribution in [3.8, 4) is 5.88 Å². The Labute approximate surface area is 135 Å². The second-order valence-corrected chi connectivity index (χ2v) is 6.54. The minimum atomic E-state index is -3.95. The number of nitrogens with zero attached hydrogens (tertiary/aromatic N) is 2. The molecule has 0 aliphatic carbocycles. The van der Waals surface area contributed by atoms with Crippen molar-refractivity contribution < 1.29 is 17.9 Å². The van der Waals surface area contributed by atoms with Crippen LogP contribution in [0.3, 0.4) is 0 Å². The lowest BCUT2D eigenvalue weighted by atomic mass is 10.2. The smallest absolute Gasteiger partial charge is 0.304 e. The molecule has 2 aromatic rings. The van der Waals surface area contributed by atoms with E-state index in [4.69, 9.17) is 4.74 Å². The molecule has 1 aromatic heterocycles. The largest absolute Gasteiger partial charge is 0.481 e. The van der Waals surface area contributed by atoms with Crippen LogP contribution in [-0.2, 0) is 16.8 Å². The van der Waals surface area contributed by atoms with Crippen LogP contribution in [-0.4, -0.2) is 37.8 Å². The fraction of sp³-hybridized carbons (Fsp3) is 0.200. The zero-order valence-electron chi connectivity index (χ0n) is 12.8. The molecule has 1 amide bonds. The Morgan fingerprint density at radius 2 is 1.96 bits per heavy atom. The molecule has 0 atom stereocenters. The van der Waals surface area contributed by atoms with Crippen LogP contribution in [0, 0.1) is 0 Å². The van der Waals surface area contributed by atoms with Crippen molar-refractivity contribution >= 4 is 16.1 Å². The number of rotatable bonds is 6. The molecule has 0 unspecified atom stereocenters. The maximum Gasteiger partial charge on any atom is 0.304 e. The number of ether oxygens (including phenoxy) is 1. The van der Waals surface area contributed by atoms with Gasteiger partial charge in [-0.1, -0.05) is 30.3 Å². The molecule has 8 heteroatoms. The van der Waals surface area contributed by atoms with Gasteiger partial charge in [-0.15, -0.1) is 0 Å². The highest BCUT2D eigenvalue weighted by atomic mass is 32.2. The van der Waals surface area contributed by atoms with Crippen molar-refractivity contribution in [3.05, 3.63) is 59.8 Å². The van der Waals surface area contributed by atoms with E-state index >= 15 is 0 Å². The average Bonchev–Trinajstić information content (AvgIpc) is 2.55. The van der Waals surface area contributed by atoms with Crippen LogP contribution in [0.2, 0.25) is 0 Å². The van der Waals surface area contributed by atoms with Gasteiger partial charge in [0.05, 0.1) is 7.11 Å². The SMILES string of the molecule is COc1cc(C(=O)NS(=O)(=O)N(C)Cc2ccccc2)ccn1. The van der Waals surface area contributed by atoms with Crippen LogP contribution in [0.15, 0.2) is 48.7 Å². The number of hydrogen-bond acceptors (Lipinski definition) is 5. The normalized spacial score (nSPS) is 11.3. The molecular weight excluding hydrogens is 318 g/mol. The molecule has 0 radical (unpaired) electrons. The number of nitrogens with one attached hydrogen (secondary N) is 1. The van der Waals surface area contributed by atoms with Crippen molar-refractivity contribution in [2.75, 3.05) is 14.2 Å².